The monoisotopic (exact) mass is 287 g/mol. The number of rotatable bonds is 4. The highest BCUT2D eigenvalue weighted by Crippen LogP contribution is 2.34. The van der Waals surface area contributed by atoms with Crippen molar-refractivity contribution >= 4 is 11.3 Å². The third kappa shape index (κ3) is 2.74. The van der Waals surface area contributed by atoms with Crippen molar-refractivity contribution in [2.75, 3.05) is 0 Å². The van der Waals surface area contributed by atoms with E-state index in [4.69, 9.17) is 0 Å². The smallest absolute Gasteiger partial charge is 0.115 e. The zero-order valence-electron chi connectivity index (χ0n) is 11.8. The summed E-state index contributed by atoms with van der Waals surface area (Å²) in [5.41, 5.74) is 2.67. The summed E-state index contributed by atoms with van der Waals surface area (Å²) in [7, 11) is 0. The van der Waals surface area contributed by atoms with Gasteiger partial charge in [0, 0.05) is 17.0 Å². The number of hydrogen-bond donors (Lipinski definition) is 2. The van der Waals surface area contributed by atoms with Gasteiger partial charge in [0.15, 0.2) is 0 Å². The van der Waals surface area contributed by atoms with Crippen LogP contribution >= 0.6 is 11.3 Å². The van der Waals surface area contributed by atoms with Gasteiger partial charge in [-0.15, -0.1) is 11.3 Å². The molecule has 2 N–H and O–H groups in total. The highest BCUT2D eigenvalue weighted by atomic mass is 32.1. The average molecular weight is 287 g/mol. The van der Waals surface area contributed by atoms with Gasteiger partial charge in [-0.05, 0) is 60.4 Å². The first kappa shape index (κ1) is 13.7. The summed E-state index contributed by atoms with van der Waals surface area (Å²) in [6.07, 6.45) is 4.55. The molecule has 1 heterocycles. The molecule has 1 aromatic heterocycles. The van der Waals surface area contributed by atoms with Gasteiger partial charge in [-0.3, -0.25) is 0 Å². The van der Waals surface area contributed by atoms with Crippen molar-refractivity contribution in [2.45, 2.75) is 44.7 Å². The maximum Gasteiger partial charge on any atom is 0.115 e. The molecule has 0 amide bonds. The van der Waals surface area contributed by atoms with Crippen LogP contribution in [0.15, 0.2) is 35.7 Å². The van der Waals surface area contributed by atoms with Crippen LogP contribution in [0.3, 0.4) is 0 Å². The molecule has 20 heavy (non-hydrogen) atoms. The molecule has 0 aliphatic heterocycles. The van der Waals surface area contributed by atoms with Crippen LogP contribution < -0.4 is 5.32 Å². The van der Waals surface area contributed by atoms with Gasteiger partial charge in [0.2, 0.25) is 0 Å². The van der Waals surface area contributed by atoms with Crippen LogP contribution in [0.25, 0.3) is 0 Å². The topological polar surface area (TPSA) is 32.3 Å². The summed E-state index contributed by atoms with van der Waals surface area (Å²) in [5.74, 6) is 0.384. The van der Waals surface area contributed by atoms with Crippen LogP contribution in [0.4, 0.5) is 0 Å². The highest BCUT2D eigenvalue weighted by Gasteiger charge is 2.23. The summed E-state index contributed by atoms with van der Waals surface area (Å²) < 4.78 is 0. The van der Waals surface area contributed by atoms with Crippen molar-refractivity contribution in [1.29, 1.82) is 0 Å². The van der Waals surface area contributed by atoms with E-state index in [0.717, 1.165) is 12.8 Å². The lowest BCUT2D eigenvalue weighted by Crippen LogP contribution is -2.28. The molecule has 3 rings (SSSR count). The van der Waals surface area contributed by atoms with Gasteiger partial charge in [0.05, 0.1) is 0 Å². The fraction of sp³-hybridized carbons (Fsp3) is 0.412. The van der Waals surface area contributed by atoms with E-state index in [1.54, 1.807) is 0 Å². The number of phenolic OH excluding ortho intramolecular Hbond substituents is 1. The van der Waals surface area contributed by atoms with Crippen molar-refractivity contribution in [3.8, 4) is 5.75 Å². The molecule has 106 valence electrons. The zero-order chi connectivity index (χ0) is 13.9. The van der Waals surface area contributed by atoms with Crippen molar-refractivity contribution in [1.82, 2.24) is 5.32 Å². The van der Waals surface area contributed by atoms with E-state index in [-0.39, 0.29) is 0 Å². The van der Waals surface area contributed by atoms with Crippen LogP contribution in [-0.2, 0) is 6.42 Å². The molecule has 0 saturated heterocycles. The first-order valence-electron chi connectivity index (χ1n) is 7.39. The summed E-state index contributed by atoms with van der Waals surface area (Å²) in [5, 5.41) is 15.6. The van der Waals surface area contributed by atoms with Gasteiger partial charge in [0.25, 0.3) is 0 Å². The van der Waals surface area contributed by atoms with Gasteiger partial charge in [-0.1, -0.05) is 19.1 Å². The van der Waals surface area contributed by atoms with Gasteiger partial charge < -0.3 is 10.4 Å². The predicted molar refractivity (Wildman–Crippen MR) is 84.3 cm³/mol. The third-order valence-electron chi connectivity index (χ3n) is 4.14. The van der Waals surface area contributed by atoms with E-state index in [9.17, 15) is 5.11 Å². The largest absolute Gasteiger partial charge is 0.508 e. The number of benzene rings is 1. The van der Waals surface area contributed by atoms with Gasteiger partial charge in [-0.2, -0.15) is 0 Å². The molecule has 2 nitrogen and oxygen atoms in total. The number of aryl methyl sites for hydroxylation is 1. The number of thiophene rings is 1. The van der Waals surface area contributed by atoms with E-state index < -0.39 is 0 Å². The van der Waals surface area contributed by atoms with Crippen molar-refractivity contribution in [3.05, 3.63) is 51.7 Å². The average Bonchev–Trinajstić information content (AvgIpc) is 2.98. The molecule has 0 saturated carbocycles. The zero-order valence-corrected chi connectivity index (χ0v) is 12.6. The molecule has 0 bridgehead atoms. The molecule has 3 heteroatoms. The van der Waals surface area contributed by atoms with Crippen molar-refractivity contribution in [2.24, 2.45) is 0 Å². The minimum atomic E-state index is 0.384. The van der Waals surface area contributed by atoms with Gasteiger partial charge >= 0.3 is 0 Å². The maximum absolute atomic E-state index is 9.63. The Hall–Kier alpha value is -1.32. The standard InChI is InChI=1S/C17H21NOS/c1-2-15(17-7-4-10-20-17)18-16-6-3-5-12-11-13(19)8-9-14(12)16/h4,7-11,15-16,18-19H,2-3,5-6H2,1H3. The summed E-state index contributed by atoms with van der Waals surface area (Å²) >= 11 is 1.83. The predicted octanol–water partition coefficient (Wildman–Crippen LogP) is 4.57. The molecule has 2 atom stereocenters. The Balaban J connectivity index is 1.82. The number of nitrogens with one attached hydrogen (secondary N) is 1. The first-order valence-corrected chi connectivity index (χ1v) is 8.27. The van der Waals surface area contributed by atoms with E-state index in [2.05, 4.69) is 35.8 Å². The fourth-order valence-electron chi connectivity index (χ4n) is 3.11. The molecule has 0 fully saturated rings. The summed E-state index contributed by atoms with van der Waals surface area (Å²) in [6.45, 7) is 2.23. The summed E-state index contributed by atoms with van der Waals surface area (Å²) in [4.78, 5) is 1.42. The van der Waals surface area contributed by atoms with Crippen LogP contribution in [0, 0.1) is 0 Å². The fourth-order valence-corrected chi connectivity index (χ4v) is 3.98. The van der Waals surface area contributed by atoms with E-state index >= 15 is 0 Å². The van der Waals surface area contributed by atoms with Crippen LogP contribution in [0.5, 0.6) is 5.75 Å². The van der Waals surface area contributed by atoms with Crippen molar-refractivity contribution in [3.63, 3.8) is 0 Å². The minimum absolute atomic E-state index is 0.384. The number of hydrogen-bond acceptors (Lipinski definition) is 3. The number of phenols is 1. The Morgan fingerprint density at radius 3 is 3.05 bits per heavy atom. The molecule has 0 radical (unpaired) electrons. The number of aromatic hydroxyl groups is 1. The Kier molecular flexibility index (Phi) is 4.08. The Morgan fingerprint density at radius 1 is 1.40 bits per heavy atom. The Labute approximate surface area is 124 Å². The molecule has 1 aliphatic carbocycles. The SMILES string of the molecule is CCC(NC1CCCc2cc(O)ccc21)c1cccs1. The van der Waals surface area contributed by atoms with E-state index in [1.165, 1.54) is 28.8 Å². The molecule has 0 spiro atoms. The summed E-state index contributed by atoms with van der Waals surface area (Å²) in [6, 6.07) is 11.0. The third-order valence-corrected chi connectivity index (χ3v) is 5.12. The first-order chi connectivity index (χ1) is 9.78. The van der Waals surface area contributed by atoms with Gasteiger partial charge in [0.1, 0.15) is 5.75 Å². The Morgan fingerprint density at radius 2 is 2.30 bits per heavy atom. The van der Waals surface area contributed by atoms with E-state index in [0.29, 0.717) is 17.8 Å². The van der Waals surface area contributed by atoms with Crippen LogP contribution in [0.2, 0.25) is 0 Å². The van der Waals surface area contributed by atoms with Gasteiger partial charge in [-0.25, -0.2) is 0 Å². The second-order valence-corrected chi connectivity index (χ2v) is 6.45. The lowest BCUT2D eigenvalue weighted by atomic mass is 9.87. The van der Waals surface area contributed by atoms with E-state index in [1.807, 2.05) is 23.5 Å². The second-order valence-electron chi connectivity index (χ2n) is 5.47. The Bertz CT molecular complexity index is 564. The highest BCUT2D eigenvalue weighted by molar-refractivity contribution is 7.10. The number of fused-ring (bicyclic) bond motifs is 1. The lowest BCUT2D eigenvalue weighted by Gasteiger charge is -2.30. The molecule has 2 aromatic rings. The quantitative estimate of drug-likeness (QED) is 0.863. The molecule has 2 unspecified atom stereocenters. The maximum atomic E-state index is 9.63. The van der Waals surface area contributed by atoms with Crippen LogP contribution in [0.1, 0.15) is 54.3 Å². The van der Waals surface area contributed by atoms with Crippen LogP contribution in [-0.4, -0.2) is 5.11 Å². The normalized spacial score (nSPS) is 19.6. The second kappa shape index (κ2) is 5.98. The lowest BCUT2D eigenvalue weighted by molar-refractivity contribution is 0.395. The minimum Gasteiger partial charge on any atom is -0.508 e. The molecular formula is C17H21NOS. The van der Waals surface area contributed by atoms with Crippen molar-refractivity contribution < 1.29 is 5.11 Å². The molecule has 1 aromatic carbocycles. The molecule has 1 aliphatic rings. The molecular weight excluding hydrogens is 266 g/mol.